The molecule has 0 saturated carbocycles. The van der Waals surface area contributed by atoms with Gasteiger partial charge in [-0.2, -0.15) is 0 Å². The highest BCUT2D eigenvalue weighted by molar-refractivity contribution is 6.32. The number of benzene rings is 1. The Morgan fingerprint density at radius 3 is 2.97 bits per heavy atom. The number of anilines is 2. The Morgan fingerprint density at radius 2 is 2.20 bits per heavy atom. The van der Waals surface area contributed by atoms with Gasteiger partial charge in [0, 0.05) is 29.9 Å². The van der Waals surface area contributed by atoms with Crippen LogP contribution in [0.5, 0.6) is 11.5 Å². The second kappa shape index (κ2) is 10.5. The Balaban J connectivity index is 1.76. The summed E-state index contributed by atoms with van der Waals surface area (Å²) in [4.78, 5) is 32.1. The standard InChI is InChI=1S/C25H26ClN5O4/c1-4-20(32)28-10-11-35-19-13-27-9-8-15(19)22-23(21-18(31-22)12-14(2)29-25(21)33)30-17-7-5-6-16(26)24(17)34-3/h4-9,13-14,30-31H,1,10-12H2,2-3H3,(H,28,32)(H,29,33). The van der Waals surface area contributed by atoms with E-state index < -0.39 is 0 Å². The summed E-state index contributed by atoms with van der Waals surface area (Å²) in [5.41, 5.74) is 3.86. The van der Waals surface area contributed by atoms with Crippen LogP contribution in [-0.2, 0) is 11.2 Å². The van der Waals surface area contributed by atoms with Crippen LogP contribution in [0.3, 0.4) is 0 Å². The third kappa shape index (κ3) is 5.09. The zero-order chi connectivity index (χ0) is 24.9. The molecular weight excluding hydrogens is 470 g/mol. The number of halogens is 1. The molecule has 1 aliphatic heterocycles. The van der Waals surface area contributed by atoms with Crippen molar-refractivity contribution in [1.82, 2.24) is 20.6 Å². The van der Waals surface area contributed by atoms with E-state index in [-0.39, 0.29) is 24.5 Å². The molecule has 3 heterocycles. The SMILES string of the molecule is C=CC(=O)NCCOc1cnccc1-c1[nH]c2c(c1Nc1cccc(Cl)c1OC)C(=O)NC(C)C2. The number of carbonyl (C=O) groups excluding carboxylic acids is 2. The number of para-hydroxylation sites is 1. The van der Waals surface area contributed by atoms with E-state index in [2.05, 4.69) is 32.5 Å². The molecule has 0 saturated heterocycles. The largest absolute Gasteiger partial charge is 0.493 e. The van der Waals surface area contributed by atoms with Crippen molar-refractivity contribution in [3.05, 3.63) is 65.6 Å². The van der Waals surface area contributed by atoms with Crippen molar-refractivity contribution in [3.63, 3.8) is 0 Å². The number of hydrogen-bond donors (Lipinski definition) is 4. The first-order chi connectivity index (χ1) is 16.9. The predicted molar refractivity (Wildman–Crippen MR) is 135 cm³/mol. The molecule has 1 aromatic carbocycles. The minimum atomic E-state index is -0.279. The number of methoxy groups -OCH3 is 1. The van der Waals surface area contributed by atoms with Gasteiger partial charge in [0.05, 0.1) is 47.5 Å². The molecule has 1 aliphatic rings. The third-order valence-corrected chi connectivity index (χ3v) is 5.82. The fraction of sp³-hybridized carbons (Fsp3) is 0.240. The number of nitrogens with zero attached hydrogens (tertiary/aromatic N) is 1. The van der Waals surface area contributed by atoms with Crippen LogP contribution < -0.4 is 25.4 Å². The van der Waals surface area contributed by atoms with Gasteiger partial charge in [-0.15, -0.1) is 0 Å². The molecule has 1 unspecified atom stereocenters. The highest BCUT2D eigenvalue weighted by atomic mass is 35.5. The van der Waals surface area contributed by atoms with Crippen molar-refractivity contribution in [2.24, 2.45) is 0 Å². The van der Waals surface area contributed by atoms with E-state index in [0.29, 0.717) is 57.7 Å². The molecule has 9 nitrogen and oxygen atoms in total. The molecule has 10 heteroatoms. The highest BCUT2D eigenvalue weighted by Gasteiger charge is 2.31. The highest BCUT2D eigenvalue weighted by Crippen LogP contribution is 2.43. The Hall–Kier alpha value is -3.98. The number of carbonyl (C=O) groups is 2. The number of H-pyrrole nitrogens is 1. The molecule has 4 rings (SSSR count). The monoisotopic (exact) mass is 495 g/mol. The van der Waals surface area contributed by atoms with Crippen molar-refractivity contribution in [1.29, 1.82) is 0 Å². The van der Waals surface area contributed by atoms with Crippen LogP contribution in [0.2, 0.25) is 5.02 Å². The first-order valence-electron chi connectivity index (χ1n) is 11.1. The zero-order valence-corrected chi connectivity index (χ0v) is 20.2. The number of nitrogens with one attached hydrogen (secondary N) is 4. The van der Waals surface area contributed by atoms with E-state index in [0.717, 1.165) is 5.69 Å². The molecule has 0 radical (unpaired) electrons. The van der Waals surface area contributed by atoms with Crippen LogP contribution >= 0.6 is 11.6 Å². The van der Waals surface area contributed by atoms with Crippen LogP contribution in [0.1, 0.15) is 23.0 Å². The lowest BCUT2D eigenvalue weighted by molar-refractivity contribution is -0.116. The number of amides is 2. The summed E-state index contributed by atoms with van der Waals surface area (Å²) in [5, 5.41) is 9.46. The molecular formula is C25H26ClN5O4. The van der Waals surface area contributed by atoms with Gasteiger partial charge in [0.2, 0.25) is 5.91 Å². The van der Waals surface area contributed by atoms with Crippen LogP contribution in [0, 0.1) is 0 Å². The molecule has 4 N–H and O–H groups in total. The number of hydrogen-bond acceptors (Lipinski definition) is 6. The molecule has 1 atom stereocenters. The van der Waals surface area contributed by atoms with E-state index in [4.69, 9.17) is 21.1 Å². The first kappa shape index (κ1) is 24.2. The van der Waals surface area contributed by atoms with Crippen LogP contribution in [0.4, 0.5) is 11.4 Å². The first-order valence-corrected chi connectivity index (χ1v) is 11.4. The van der Waals surface area contributed by atoms with Crippen LogP contribution in [-0.4, -0.2) is 48.1 Å². The second-order valence-electron chi connectivity index (χ2n) is 7.97. The van der Waals surface area contributed by atoms with Gasteiger partial charge in [-0.1, -0.05) is 24.2 Å². The second-order valence-corrected chi connectivity index (χ2v) is 8.38. The minimum absolute atomic E-state index is 0.0170. The van der Waals surface area contributed by atoms with Gasteiger partial charge in [-0.05, 0) is 31.2 Å². The molecule has 0 fully saturated rings. The molecule has 0 bridgehead atoms. The fourth-order valence-corrected chi connectivity index (χ4v) is 4.25. The predicted octanol–water partition coefficient (Wildman–Crippen LogP) is 3.84. The van der Waals surface area contributed by atoms with Crippen molar-refractivity contribution in [3.8, 4) is 22.8 Å². The smallest absolute Gasteiger partial charge is 0.255 e. The summed E-state index contributed by atoms with van der Waals surface area (Å²) < 4.78 is 11.4. The number of ether oxygens (including phenoxy) is 2. The maximum absolute atomic E-state index is 13.0. The Morgan fingerprint density at radius 1 is 1.37 bits per heavy atom. The Kier molecular flexibility index (Phi) is 7.26. The number of fused-ring (bicyclic) bond motifs is 1. The van der Waals surface area contributed by atoms with E-state index in [1.807, 2.05) is 13.0 Å². The summed E-state index contributed by atoms with van der Waals surface area (Å²) in [6.45, 7) is 5.90. The van der Waals surface area contributed by atoms with Gasteiger partial charge < -0.3 is 30.4 Å². The number of aromatic amines is 1. The van der Waals surface area contributed by atoms with Crippen LogP contribution in [0.15, 0.2) is 49.3 Å². The topological polar surface area (TPSA) is 117 Å². The maximum Gasteiger partial charge on any atom is 0.255 e. The zero-order valence-electron chi connectivity index (χ0n) is 19.4. The third-order valence-electron chi connectivity index (χ3n) is 5.52. The van der Waals surface area contributed by atoms with Crippen molar-refractivity contribution in [2.45, 2.75) is 19.4 Å². The molecule has 35 heavy (non-hydrogen) atoms. The molecule has 2 amide bonds. The van der Waals surface area contributed by atoms with Crippen molar-refractivity contribution in [2.75, 3.05) is 25.6 Å². The summed E-state index contributed by atoms with van der Waals surface area (Å²) in [7, 11) is 1.54. The van der Waals surface area contributed by atoms with E-state index >= 15 is 0 Å². The summed E-state index contributed by atoms with van der Waals surface area (Å²) in [6, 6.07) is 7.14. The van der Waals surface area contributed by atoms with Crippen LogP contribution in [0.25, 0.3) is 11.3 Å². The summed E-state index contributed by atoms with van der Waals surface area (Å²) >= 11 is 6.33. The van der Waals surface area contributed by atoms with E-state index in [1.54, 1.807) is 30.6 Å². The van der Waals surface area contributed by atoms with Gasteiger partial charge in [-0.3, -0.25) is 14.6 Å². The molecule has 0 aliphatic carbocycles. The summed E-state index contributed by atoms with van der Waals surface area (Å²) in [6.07, 6.45) is 5.08. The van der Waals surface area contributed by atoms with Gasteiger partial charge in [0.25, 0.3) is 5.91 Å². The maximum atomic E-state index is 13.0. The van der Waals surface area contributed by atoms with Crippen molar-refractivity contribution < 1.29 is 19.1 Å². The van der Waals surface area contributed by atoms with E-state index in [9.17, 15) is 9.59 Å². The minimum Gasteiger partial charge on any atom is -0.493 e. The van der Waals surface area contributed by atoms with Gasteiger partial charge in [0.1, 0.15) is 12.4 Å². The number of pyridine rings is 1. The van der Waals surface area contributed by atoms with E-state index in [1.165, 1.54) is 13.2 Å². The molecule has 0 spiro atoms. The number of rotatable bonds is 9. The van der Waals surface area contributed by atoms with Gasteiger partial charge >= 0.3 is 0 Å². The molecule has 2 aromatic heterocycles. The lowest BCUT2D eigenvalue weighted by atomic mass is 10.0. The van der Waals surface area contributed by atoms with Gasteiger partial charge in [0.15, 0.2) is 5.75 Å². The van der Waals surface area contributed by atoms with Gasteiger partial charge in [-0.25, -0.2) is 0 Å². The normalized spacial score (nSPS) is 14.5. The Bertz CT molecular complexity index is 1270. The fourth-order valence-electron chi connectivity index (χ4n) is 3.99. The quantitative estimate of drug-likeness (QED) is 0.265. The average Bonchev–Trinajstić information content (AvgIpc) is 3.20. The summed E-state index contributed by atoms with van der Waals surface area (Å²) in [5.74, 6) is 0.491. The molecule has 3 aromatic rings. The lowest BCUT2D eigenvalue weighted by Crippen LogP contribution is -2.39. The lowest BCUT2D eigenvalue weighted by Gasteiger charge is -2.21. The average molecular weight is 496 g/mol. The molecule has 182 valence electrons. The Labute approximate surface area is 207 Å². The number of aromatic nitrogens is 2. The van der Waals surface area contributed by atoms with Crippen molar-refractivity contribution >= 4 is 34.8 Å².